The highest BCUT2D eigenvalue weighted by Crippen LogP contribution is 2.19. The van der Waals surface area contributed by atoms with Crippen molar-refractivity contribution in [2.75, 3.05) is 57.1 Å². The summed E-state index contributed by atoms with van der Waals surface area (Å²) < 4.78 is 13.8. The number of aryl methyl sites for hydroxylation is 2. The fourth-order valence-electron chi connectivity index (χ4n) is 4.89. The minimum atomic E-state index is -0.377. The number of ether oxygens (including phenoxy) is 2. The van der Waals surface area contributed by atoms with Gasteiger partial charge in [-0.05, 0) is 48.0 Å². The van der Waals surface area contributed by atoms with Gasteiger partial charge in [-0.2, -0.15) is 0 Å². The molecular weight excluding hydrogens is 574 g/mol. The number of rotatable bonds is 11. The van der Waals surface area contributed by atoms with Crippen LogP contribution in [0.3, 0.4) is 0 Å². The van der Waals surface area contributed by atoms with Crippen molar-refractivity contribution in [2.45, 2.75) is 0 Å². The van der Waals surface area contributed by atoms with E-state index in [1.165, 1.54) is 6.20 Å². The van der Waals surface area contributed by atoms with Gasteiger partial charge in [-0.25, -0.2) is 0 Å². The Balaban J connectivity index is 1.14. The Morgan fingerprint density at radius 3 is 2.13 bits per heavy atom. The van der Waals surface area contributed by atoms with E-state index in [1.54, 1.807) is 67.0 Å². The first-order valence-electron chi connectivity index (χ1n) is 14.6. The van der Waals surface area contributed by atoms with Gasteiger partial charge < -0.3 is 34.6 Å². The van der Waals surface area contributed by atoms with Crippen molar-refractivity contribution in [2.24, 2.45) is 14.1 Å². The molecule has 12 nitrogen and oxygen atoms in total. The predicted molar refractivity (Wildman–Crippen MR) is 172 cm³/mol. The van der Waals surface area contributed by atoms with E-state index in [1.807, 2.05) is 36.4 Å². The van der Waals surface area contributed by atoms with Crippen LogP contribution >= 0.6 is 0 Å². The van der Waals surface area contributed by atoms with Crippen molar-refractivity contribution < 1.29 is 23.9 Å². The zero-order valence-electron chi connectivity index (χ0n) is 25.6. The number of nitrogens with one attached hydrogen (secondary N) is 3. The minimum Gasteiger partial charge on any atom is -0.497 e. The van der Waals surface area contributed by atoms with Crippen molar-refractivity contribution in [3.63, 3.8) is 0 Å². The van der Waals surface area contributed by atoms with Gasteiger partial charge in [0.15, 0.2) is 0 Å². The SMILES string of the molecule is COc1ccc(C=Cc2ccc(C(=O)Nc3cc(C(=O)Nc4cc(C(=O)NCCN5CCOCC5)n(C)c4)n(C)c3)cn2)cc1. The first-order chi connectivity index (χ1) is 21.8. The first kappa shape index (κ1) is 31.2. The maximum absolute atomic E-state index is 13.1. The molecule has 45 heavy (non-hydrogen) atoms. The topological polar surface area (TPSA) is 132 Å². The molecular formula is C33H37N7O5. The van der Waals surface area contributed by atoms with Crippen LogP contribution in [0.25, 0.3) is 12.2 Å². The van der Waals surface area contributed by atoms with Crippen LogP contribution in [0.1, 0.15) is 42.6 Å². The highest BCUT2D eigenvalue weighted by Gasteiger charge is 2.18. The van der Waals surface area contributed by atoms with Crippen LogP contribution < -0.4 is 20.7 Å². The standard InChI is InChI=1S/C33H37N7O5/c1-38-22-27(18-29(38)32(42)34-12-13-40-14-16-45-17-15-40)37-33(43)30-19-26(21-39(30)2)36-31(41)24-7-9-25(35-20-24)8-4-23-5-10-28(44-3)11-6-23/h4-11,18-22H,12-17H2,1-3H3,(H,34,42)(H,36,41)(H,37,43). The van der Waals surface area contributed by atoms with Gasteiger partial charge in [-0.15, -0.1) is 0 Å². The van der Waals surface area contributed by atoms with Crippen molar-refractivity contribution in [3.8, 4) is 5.75 Å². The molecule has 0 atom stereocenters. The Kier molecular flexibility index (Phi) is 10.1. The van der Waals surface area contributed by atoms with E-state index in [0.29, 0.717) is 53.8 Å². The Labute approximate surface area is 261 Å². The maximum Gasteiger partial charge on any atom is 0.272 e. The molecule has 4 heterocycles. The molecule has 3 amide bonds. The number of nitrogens with zero attached hydrogens (tertiary/aromatic N) is 4. The number of hydrogen-bond acceptors (Lipinski definition) is 7. The average molecular weight is 612 g/mol. The van der Waals surface area contributed by atoms with Gasteiger partial charge in [-0.3, -0.25) is 24.3 Å². The second kappa shape index (κ2) is 14.5. The van der Waals surface area contributed by atoms with E-state index >= 15 is 0 Å². The van der Waals surface area contributed by atoms with Crippen LogP contribution in [-0.2, 0) is 18.8 Å². The molecule has 4 aromatic rings. The Morgan fingerprint density at radius 1 is 0.867 bits per heavy atom. The predicted octanol–water partition coefficient (Wildman–Crippen LogP) is 3.50. The summed E-state index contributed by atoms with van der Waals surface area (Å²) in [5, 5.41) is 8.60. The van der Waals surface area contributed by atoms with Gasteiger partial charge in [0.25, 0.3) is 17.7 Å². The summed E-state index contributed by atoms with van der Waals surface area (Å²) >= 11 is 0. The lowest BCUT2D eigenvalue weighted by Gasteiger charge is -2.26. The Bertz CT molecular complexity index is 1670. The second-order valence-corrected chi connectivity index (χ2v) is 10.6. The van der Waals surface area contributed by atoms with Gasteiger partial charge in [0.1, 0.15) is 17.1 Å². The number of methoxy groups -OCH3 is 1. The van der Waals surface area contributed by atoms with Crippen LogP contribution in [0.15, 0.2) is 67.1 Å². The summed E-state index contributed by atoms with van der Waals surface area (Å²) in [5.41, 5.74) is 3.80. The van der Waals surface area contributed by atoms with Gasteiger partial charge in [0.05, 0.1) is 43.0 Å². The normalized spacial score (nSPS) is 13.5. The lowest BCUT2D eigenvalue weighted by atomic mass is 10.1. The number of anilines is 2. The number of carbonyl (C=O) groups is 3. The summed E-state index contributed by atoms with van der Waals surface area (Å²) in [4.78, 5) is 45.3. The van der Waals surface area contributed by atoms with E-state index < -0.39 is 0 Å². The molecule has 1 aliphatic rings. The third kappa shape index (κ3) is 8.25. The zero-order chi connectivity index (χ0) is 31.8. The quantitative estimate of drug-likeness (QED) is 0.237. The Morgan fingerprint density at radius 2 is 1.51 bits per heavy atom. The number of pyridine rings is 1. The summed E-state index contributed by atoms with van der Waals surface area (Å²) in [7, 11) is 5.09. The van der Waals surface area contributed by atoms with Gasteiger partial charge in [0.2, 0.25) is 0 Å². The average Bonchev–Trinajstić information content (AvgIpc) is 3.61. The van der Waals surface area contributed by atoms with Gasteiger partial charge in [0, 0.05) is 58.9 Å². The molecule has 1 aromatic carbocycles. The number of amides is 3. The summed E-state index contributed by atoms with van der Waals surface area (Å²) in [6.45, 7) is 4.40. The molecule has 0 saturated carbocycles. The molecule has 0 spiro atoms. The fraction of sp³-hybridized carbons (Fsp3) is 0.273. The molecule has 5 rings (SSSR count). The van der Waals surface area contributed by atoms with Crippen LogP contribution in [0.4, 0.5) is 11.4 Å². The molecule has 1 fully saturated rings. The maximum atomic E-state index is 13.1. The van der Waals surface area contributed by atoms with Crippen molar-refractivity contribution in [1.29, 1.82) is 0 Å². The van der Waals surface area contributed by atoms with E-state index in [4.69, 9.17) is 9.47 Å². The minimum absolute atomic E-state index is 0.217. The summed E-state index contributed by atoms with van der Waals surface area (Å²) in [5.74, 6) is -0.157. The molecule has 3 N–H and O–H groups in total. The molecule has 0 unspecified atom stereocenters. The van der Waals surface area contributed by atoms with E-state index in [9.17, 15) is 14.4 Å². The van der Waals surface area contributed by atoms with E-state index in [2.05, 4.69) is 25.8 Å². The molecule has 3 aromatic heterocycles. The van der Waals surface area contributed by atoms with Gasteiger partial charge >= 0.3 is 0 Å². The van der Waals surface area contributed by atoms with Gasteiger partial charge in [-0.1, -0.05) is 18.2 Å². The molecule has 0 aliphatic carbocycles. The number of benzene rings is 1. The van der Waals surface area contributed by atoms with E-state index in [0.717, 1.165) is 30.9 Å². The number of hydrogen-bond donors (Lipinski definition) is 3. The first-order valence-corrected chi connectivity index (χ1v) is 14.6. The molecule has 1 aliphatic heterocycles. The van der Waals surface area contributed by atoms with Crippen molar-refractivity contribution in [3.05, 3.63) is 95.3 Å². The lowest BCUT2D eigenvalue weighted by molar-refractivity contribution is 0.0383. The molecule has 1 saturated heterocycles. The lowest BCUT2D eigenvalue weighted by Crippen LogP contribution is -2.41. The number of morpholine rings is 1. The van der Waals surface area contributed by atoms with Crippen LogP contribution in [0.2, 0.25) is 0 Å². The van der Waals surface area contributed by atoms with E-state index in [-0.39, 0.29) is 17.7 Å². The largest absolute Gasteiger partial charge is 0.497 e. The molecule has 0 bridgehead atoms. The van der Waals surface area contributed by atoms with Crippen LogP contribution in [-0.4, -0.2) is 83.2 Å². The smallest absolute Gasteiger partial charge is 0.272 e. The van der Waals surface area contributed by atoms with Crippen LogP contribution in [0, 0.1) is 0 Å². The third-order valence-electron chi connectivity index (χ3n) is 7.42. The molecule has 234 valence electrons. The second-order valence-electron chi connectivity index (χ2n) is 10.6. The molecule has 12 heteroatoms. The fourth-order valence-corrected chi connectivity index (χ4v) is 4.89. The Hall–Kier alpha value is -5.20. The summed E-state index contributed by atoms with van der Waals surface area (Å²) in [6.07, 6.45) is 8.64. The summed E-state index contributed by atoms with van der Waals surface area (Å²) in [6, 6.07) is 14.3. The monoisotopic (exact) mass is 611 g/mol. The molecule has 0 radical (unpaired) electrons. The highest BCUT2D eigenvalue weighted by atomic mass is 16.5. The highest BCUT2D eigenvalue weighted by molar-refractivity contribution is 6.07. The number of carbonyl (C=O) groups excluding carboxylic acids is 3. The number of aromatic nitrogens is 3. The van der Waals surface area contributed by atoms with Crippen molar-refractivity contribution >= 4 is 41.2 Å². The zero-order valence-corrected chi connectivity index (χ0v) is 25.6. The van der Waals surface area contributed by atoms with Crippen LogP contribution in [0.5, 0.6) is 5.75 Å². The third-order valence-corrected chi connectivity index (χ3v) is 7.42. The van der Waals surface area contributed by atoms with Crippen molar-refractivity contribution in [1.82, 2.24) is 24.3 Å².